The van der Waals surface area contributed by atoms with Gasteiger partial charge < -0.3 is 0 Å². The van der Waals surface area contributed by atoms with E-state index in [-0.39, 0.29) is 10.6 Å². The Labute approximate surface area is 113 Å². The van der Waals surface area contributed by atoms with Crippen LogP contribution in [0.25, 0.3) is 11.1 Å². The lowest BCUT2D eigenvalue weighted by atomic mass is 9.93. The van der Waals surface area contributed by atoms with Crippen LogP contribution in [0.15, 0.2) is 36.4 Å². The molecule has 0 aliphatic rings. The van der Waals surface area contributed by atoms with Gasteiger partial charge in [-0.1, -0.05) is 36.8 Å². The Bertz CT molecular complexity index is 633. The van der Waals surface area contributed by atoms with Gasteiger partial charge in [0.25, 0.3) is 5.69 Å². The van der Waals surface area contributed by atoms with Crippen LogP contribution in [0.4, 0.5) is 5.69 Å². The molecule has 0 aromatic heterocycles. The van der Waals surface area contributed by atoms with Gasteiger partial charge in [-0.2, -0.15) is 0 Å². The molecule has 0 fully saturated rings. The summed E-state index contributed by atoms with van der Waals surface area (Å²) in [6, 6.07) is 11.3. The van der Waals surface area contributed by atoms with Crippen molar-refractivity contribution < 1.29 is 4.92 Å². The lowest BCUT2D eigenvalue weighted by molar-refractivity contribution is -0.384. The highest BCUT2D eigenvalue weighted by Gasteiger charge is 2.13. The van der Waals surface area contributed by atoms with Gasteiger partial charge in [-0.25, -0.2) is 0 Å². The van der Waals surface area contributed by atoms with Crippen LogP contribution in [0.2, 0.25) is 0 Å². The van der Waals surface area contributed by atoms with Crippen molar-refractivity contribution in [2.24, 2.45) is 0 Å². The van der Waals surface area contributed by atoms with E-state index in [0.717, 1.165) is 34.2 Å². The van der Waals surface area contributed by atoms with Crippen LogP contribution < -0.4 is 0 Å². The van der Waals surface area contributed by atoms with Crippen LogP contribution in [-0.2, 0) is 6.42 Å². The number of nitro groups is 1. The number of nitro benzene ring substituents is 1. The predicted octanol–water partition coefficient (Wildman–Crippen LogP) is 4.44. The lowest BCUT2D eigenvalue weighted by Gasteiger charge is -2.11. The minimum Gasteiger partial charge on any atom is -0.258 e. The van der Waals surface area contributed by atoms with E-state index in [0.29, 0.717) is 0 Å². The van der Waals surface area contributed by atoms with E-state index in [1.807, 2.05) is 19.9 Å². The van der Waals surface area contributed by atoms with Crippen molar-refractivity contribution >= 4 is 5.69 Å². The van der Waals surface area contributed by atoms with E-state index in [1.165, 1.54) is 0 Å². The maximum atomic E-state index is 10.9. The van der Waals surface area contributed by atoms with Gasteiger partial charge in [-0.15, -0.1) is 0 Å². The molecule has 0 heterocycles. The highest BCUT2D eigenvalue weighted by Crippen LogP contribution is 2.31. The van der Waals surface area contributed by atoms with Gasteiger partial charge in [-0.3, -0.25) is 10.1 Å². The van der Waals surface area contributed by atoms with Crippen molar-refractivity contribution in [1.29, 1.82) is 0 Å². The van der Waals surface area contributed by atoms with Crippen LogP contribution in [0.5, 0.6) is 0 Å². The average Bonchev–Trinajstić information content (AvgIpc) is 2.40. The first-order valence-electron chi connectivity index (χ1n) is 6.38. The molecule has 0 atom stereocenters. The Hall–Kier alpha value is -2.16. The topological polar surface area (TPSA) is 43.1 Å². The minimum absolute atomic E-state index is 0.146. The van der Waals surface area contributed by atoms with E-state index >= 15 is 0 Å². The van der Waals surface area contributed by atoms with Gasteiger partial charge >= 0.3 is 0 Å². The number of hydrogen-bond donors (Lipinski definition) is 0. The third-order valence-electron chi connectivity index (χ3n) is 3.37. The third-order valence-corrected chi connectivity index (χ3v) is 3.37. The van der Waals surface area contributed by atoms with E-state index in [2.05, 4.69) is 25.1 Å². The standard InChI is InChI=1S/C16H17NO2/c1-4-13-7-8-14(17(18)19)10-16(13)15-9-11(2)5-6-12(15)3/h5-10H,4H2,1-3H3. The summed E-state index contributed by atoms with van der Waals surface area (Å²) in [7, 11) is 0. The first-order valence-corrected chi connectivity index (χ1v) is 6.38. The summed E-state index contributed by atoms with van der Waals surface area (Å²) >= 11 is 0. The molecule has 98 valence electrons. The first-order chi connectivity index (χ1) is 9.02. The molecule has 19 heavy (non-hydrogen) atoms. The number of non-ortho nitro benzene ring substituents is 1. The van der Waals surface area contributed by atoms with Crippen molar-refractivity contribution in [2.45, 2.75) is 27.2 Å². The second-order valence-electron chi connectivity index (χ2n) is 4.77. The number of hydrogen-bond acceptors (Lipinski definition) is 2. The monoisotopic (exact) mass is 255 g/mol. The van der Waals surface area contributed by atoms with Gasteiger partial charge in [-0.05, 0) is 42.5 Å². The second kappa shape index (κ2) is 5.22. The van der Waals surface area contributed by atoms with E-state index in [9.17, 15) is 10.1 Å². The van der Waals surface area contributed by atoms with Crippen LogP contribution in [0, 0.1) is 24.0 Å². The van der Waals surface area contributed by atoms with Crippen molar-refractivity contribution in [3.63, 3.8) is 0 Å². The van der Waals surface area contributed by atoms with Gasteiger partial charge in [0.15, 0.2) is 0 Å². The number of aryl methyl sites for hydroxylation is 3. The number of rotatable bonds is 3. The maximum absolute atomic E-state index is 10.9. The molecular weight excluding hydrogens is 238 g/mol. The van der Waals surface area contributed by atoms with Gasteiger partial charge in [0, 0.05) is 12.1 Å². The zero-order valence-electron chi connectivity index (χ0n) is 11.4. The molecule has 3 nitrogen and oxygen atoms in total. The second-order valence-corrected chi connectivity index (χ2v) is 4.77. The fourth-order valence-electron chi connectivity index (χ4n) is 2.26. The molecule has 0 saturated heterocycles. The Morgan fingerprint density at radius 1 is 1.05 bits per heavy atom. The molecule has 0 saturated carbocycles. The van der Waals surface area contributed by atoms with E-state index in [4.69, 9.17) is 0 Å². The zero-order valence-corrected chi connectivity index (χ0v) is 11.4. The molecular formula is C16H17NO2. The molecule has 0 spiro atoms. The molecule has 0 aliphatic carbocycles. The highest BCUT2D eigenvalue weighted by molar-refractivity contribution is 5.73. The average molecular weight is 255 g/mol. The smallest absolute Gasteiger partial charge is 0.258 e. The highest BCUT2D eigenvalue weighted by atomic mass is 16.6. The van der Waals surface area contributed by atoms with Crippen molar-refractivity contribution in [3.8, 4) is 11.1 Å². The third kappa shape index (κ3) is 2.65. The van der Waals surface area contributed by atoms with Crippen molar-refractivity contribution in [3.05, 3.63) is 63.2 Å². The Balaban J connectivity index is 2.68. The summed E-state index contributed by atoms with van der Waals surface area (Å²) in [5.41, 5.74) is 5.64. The molecule has 0 amide bonds. The van der Waals surface area contributed by atoms with Gasteiger partial charge in [0.2, 0.25) is 0 Å². The SMILES string of the molecule is CCc1ccc([N+](=O)[O-])cc1-c1cc(C)ccc1C. The summed E-state index contributed by atoms with van der Waals surface area (Å²) < 4.78 is 0. The van der Waals surface area contributed by atoms with Crippen molar-refractivity contribution in [1.82, 2.24) is 0 Å². The summed E-state index contributed by atoms with van der Waals surface area (Å²) in [6.07, 6.45) is 0.862. The molecule has 2 aromatic rings. The molecule has 0 bridgehead atoms. The quantitative estimate of drug-likeness (QED) is 0.601. The van der Waals surface area contributed by atoms with Crippen LogP contribution >= 0.6 is 0 Å². The Kier molecular flexibility index (Phi) is 3.65. The summed E-state index contributed by atoms with van der Waals surface area (Å²) in [6.45, 7) is 6.13. The number of nitrogens with zero attached hydrogens (tertiary/aromatic N) is 1. The van der Waals surface area contributed by atoms with Crippen LogP contribution in [0.1, 0.15) is 23.6 Å². The molecule has 3 heteroatoms. The number of benzene rings is 2. The van der Waals surface area contributed by atoms with Crippen LogP contribution in [0.3, 0.4) is 0 Å². The molecule has 0 unspecified atom stereocenters. The van der Waals surface area contributed by atoms with E-state index < -0.39 is 0 Å². The Morgan fingerprint density at radius 2 is 1.79 bits per heavy atom. The molecule has 2 rings (SSSR count). The summed E-state index contributed by atoms with van der Waals surface area (Å²) in [5, 5.41) is 10.9. The van der Waals surface area contributed by atoms with Crippen molar-refractivity contribution in [2.75, 3.05) is 0 Å². The van der Waals surface area contributed by atoms with Gasteiger partial charge in [0.1, 0.15) is 0 Å². The first kappa shape index (κ1) is 13.3. The van der Waals surface area contributed by atoms with Crippen LogP contribution in [-0.4, -0.2) is 4.92 Å². The minimum atomic E-state index is -0.339. The molecule has 2 aromatic carbocycles. The summed E-state index contributed by atoms with van der Waals surface area (Å²) in [4.78, 5) is 10.6. The zero-order chi connectivity index (χ0) is 14.0. The molecule has 0 aliphatic heterocycles. The normalized spacial score (nSPS) is 10.5. The fourth-order valence-corrected chi connectivity index (χ4v) is 2.26. The largest absolute Gasteiger partial charge is 0.270 e. The summed E-state index contributed by atoms with van der Waals surface area (Å²) in [5.74, 6) is 0. The lowest BCUT2D eigenvalue weighted by Crippen LogP contribution is -1.94. The molecule has 0 radical (unpaired) electrons. The fraction of sp³-hybridized carbons (Fsp3) is 0.250. The maximum Gasteiger partial charge on any atom is 0.270 e. The predicted molar refractivity (Wildman–Crippen MR) is 77.4 cm³/mol. The Morgan fingerprint density at radius 3 is 2.42 bits per heavy atom. The molecule has 0 N–H and O–H groups in total. The van der Waals surface area contributed by atoms with E-state index in [1.54, 1.807) is 12.1 Å². The van der Waals surface area contributed by atoms with Gasteiger partial charge in [0.05, 0.1) is 4.92 Å².